The van der Waals surface area contributed by atoms with Crippen LogP contribution in [0.2, 0.25) is 0 Å². The van der Waals surface area contributed by atoms with E-state index in [0.29, 0.717) is 5.75 Å². The number of ether oxygens (including phenoxy) is 1. The third kappa shape index (κ3) is 2.89. The summed E-state index contributed by atoms with van der Waals surface area (Å²) in [6, 6.07) is 7.23. The number of anilines is 1. The Kier molecular flexibility index (Phi) is 3.19. The lowest BCUT2D eigenvalue weighted by atomic mass is 10.2. The van der Waals surface area contributed by atoms with Crippen LogP contribution in [0.1, 0.15) is 5.56 Å². The van der Waals surface area contributed by atoms with Gasteiger partial charge in [-0.25, -0.2) is 0 Å². The van der Waals surface area contributed by atoms with Crippen molar-refractivity contribution in [3.63, 3.8) is 0 Å². The lowest BCUT2D eigenvalue weighted by Crippen LogP contribution is -1.99. The van der Waals surface area contributed by atoms with Crippen molar-refractivity contribution in [2.24, 2.45) is 0 Å². The maximum Gasteiger partial charge on any atom is 0.311 e. The number of hydrogen-bond donors (Lipinski definition) is 2. The third-order valence-corrected chi connectivity index (χ3v) is 2.33. The standard InChI is InChI=1S/C12H11N3O4/c1-7-4-8(16)6-9(5-7)19-11-3-2-10(15(17)18)12(13)14-11/h2-6,16H,1H3,(H2,13,14). The quantitative estimate of drug-likeness (QED) is 0.648. The second-order valence-electron chi connectivity index (χ2n) is 3.92. The zero-order valence-electron chi connectivity index (χ0n) is 10.0. The molecule has 0 aliphatic rings. The molecule has 19 heavy (non-hydrogen) atoms. The highest BCUT2D eigenvalue weighted by Crippen LogP contribution is 2.28. The van der Waals surface area contributed by atoms with Gasteiger partial charge in [0.2, 0.25) is 11.7 Å². The van der Waals surface area contributed by atoms with E-state index in [-0.39, 0.29) is 23.1 Å². The number of aryl methyl sites for hydroxylation is 1. The van der Waals surface area contributed by atoms with E-state index in [1.54, 1.807) is 19.1 Å². The van der Waals surface area contributed by atoms with Crippen LogP contribution < -0.4 is 10.5 Å². The average Bonchev–Trinajstić information content (AvgIpc) is 2.26. The number of benzene rings is 1. The second-order valence-corrected chi connectivity index (χ2v) is 3.92. The van der Waals surface area contributed by atoms with E-state index in [9.17, 15) is 15.2 Å². The Morgan fingerprint density at radius 2 is 2.11 bits per heavy atom. The Balaban J connectivity index is 2.28. The maximum absolute atomic E-state index is 10.6. The summed E-state index contributed by atoms with van der Waals surface area (Å²) in [6.07, 6.45) is 0. The molecule has 0 fully saturated rings. The van der Waals surface area contributed by atoms with Gasteiger partial charge < -0.3 is 15.6 Å². The Morgan fingerprint density at radius 1 is 1.37 bits per heavy atom. The second kappa shape index (κ2) is 4.81. The molecule has 0 unspecified atom stereocenters. The number of aromatic hydroxyl groups is 1. The molecule has 0 atom stereocenters. The zero-order valence-corrected chi connectivity index (χ0v) is 10.0. The highest BCUT2D eigenvalue weighted by molar-refractivity contribution is 5.53. The monoisotopic (exact) mass is 261 g/mol. The Hall–Kier alpha value is -2.83. The van der Waals surface area contributed by atoms with Gasteiger partial charge in [-0.2, -0.15) is 4.98 Å². The summed E-state index contributed by atoms with van der Waals surface area (Å²) in [4.78, 5) is 13.8. The molecular formula is C12H11N3O4. The van der Waals surface area contributed by atoms with Crippen molar-refractivity contribution in [3.05, 3.63) is 46.0 Å². The predicted octanol–water partition coefficient (Wildman–Crippen LogP) is 2.38. The largest absolute Gasteiger partial charge is 0.508 e. The van der Waals surface area contributed by atoms with Crippen molar-refractivity contribution in [2.45, 2.75) is 6.92 Å². The van der Waals surface area contributed by atoms with Crippen molar-refractivity contribution >= 4 is 11.5 Å². The van der Waals surface area contributed by atoms with E-state index in [2.05, 4.69) is 4.98 Å². The summed E-state index contributed by atoms with van der Waals surface area (Å²) < 4.78 is 5.38. The highest BCUT2D eigenvalue weighted by Gasteiger charge is 2.13. The van der Waals surface area contributed by atoms with Gasteiger partial charge in [-0.05, 0) is 24.6 Å². The van der Waals surface area contributed by atoms with Gasteiger partial charge in [0.25, 0.3) is 0 Å². The molecule has 7 heteroatoms. The van der Waals surface area contributed by atoms with E-state index in [1.807, 2.05) is 0 Å². The SMILES string of the molecule is Cc1cc(O)cc(Oc2ccc([N+](=O)[O-])c(N)n2)c1. The number of nitrogens with two attached hydrogens (primary N) is 1. The molecule has 0 amide bonds. The number of nitrogens with zero attached hydrogens (tertiary/aromatic N) is 2. The summed E-state index contributed by atoms with van der Waals surface area (Å²) in [5.41, 5.74) is 5.99. The fourth-order valence-electron chi connectivity index (χ4n) is 1.57. The highest BCUT2D eigenvalue weighted by atomic mass is 16.6. The molecule has 1 aromatic heterocycles. The fraction of sp³-hybridized carbons (Fsp3) is 0.0833. The topological polar surface area (TPSA) is 112 Å². The molecule has 0 bridgehead atoms. The van der Waals surface area contributed by atoms with Gasteiger partial charge in [-0.15, -0.1) is 0 Å². The molecular weight excluding hydrogens is 250 g/mol. The molecule has 2 rings (SSSR count). The number of hydrogen-bond acceptors (Lipinski definition) is 6. The number of rotatable bonds is 3. The van der Waals surface area contributed by atoms with Gasteiger partial charge in [0.15, 0.2) is 0 Å². The fourth-order valence-corrected chi connectivity index (χ4v) is 1.57. The maximum atomic E-state index is 10.6. The molecule has 98 valence electrons. The summed E-state index contributed by atoms with van der Waals surface area (Å²) >= 11 is 0. The predicted molar refractivity (Wildman–Crippen MR) is 68.2 cm³/mol. The molecule has 0 saturated heterocycles. The smallest absolute Gasteiger partial charge is 0.311 e. The molecule has 0 radical (unpaired) electrons. The van der Waals surface area contributed by atoms with Crippen LogP contribution in [0.15, 0.2) is 30.3 Å². The van der Waals surface area contributed by atoms with Crippen molar-refractivity contribution in [3.8, 4) is 17.4 Å². The van der Waals surface area contributed by atoms with Crippen LogP contribution in [-0.4, -0.2) is 15.0 Å². The minimum absolute atomic E-state index is 0.0601. The number of pyridine rings is 1. The Bertz CT molecular complexity index is 623. The van der Waals surface area contributed by atoms with Gasteiger partial charge >= 0.3 is 5.69 Å². The molecule has 1 heterocycles. The van der Waals surface area contributed by atoms with Crippen molar-refractivity contribution in [1.82, 2.24) is 4.98 Å². The molecule has 7 nitrogen and oxygen atoms in total. The van der Waals surface area contributed by atoms with Gasteiger partial charge in [-0.3, -0.25) is 10.1 Å². The van der Waals surface area contributed by atoms with E-state index in [0.717, 1.165) is 5.56 Å². The average molecular weight is 261 g/mol. The van der Waals surface area contributed by atoms with E-state index >= 15 is 0 Å². The minimum atomic E-state index is -0.620. The van der Waals surface area contributed by atoms with E-state index in [1.165, 1.54) is 18.2 Å². The van der Waals surface area contributed by atoms with Crippen LogP contribution in [-0.2, 0) is 0 Å². The number of nitro groups is 1. The number of phenolic OH excluding ortho intramolecular Hbond substituents is 1. The number of aromatic nitrogens is 1. The van der Waals surface area contributed by atoms with Crippen LogP contribution in [0.5, 0.6) is 17.4 Å². The first-order chi connectivity index (χ1) is 8.95. The van der Waals surface area contributed by atoms with Crippen LogP contribution >= 0.6 is 0 Å². The first kappa shape index (κ1) is 12.6. The number of nitrogen functional groups attached to an aromatic ring is 1. The summed E-state index contributed by atoms with van der Waals surface area (Å²) in [6.45, 7) is 1.80. The van der Waals surface area contributed by atoms with Crippen molar-refractivity contribution < 1.29 is 14.8 Å². The summed E-state index contributed by atoms with van der Waals surface area (Å²) in [7, 11) is 0. The molecule has 0 saturated carbocycles. The van der Waals surface area contributed by atoms with Crippen molar-refractivity contribution in [2.75, 3.05) is 5.73 Å². The summed E-state index contributed by atoms with van der Waals surface area (Å²) in [5.74, 6) is 0.329. The minimum Gasteiger partial charge on any atom is -0.508 e. The molecule has 2 aromatic rings. The molecule has 1 aromatic carbocycles. The van der Waals surface area contributed by atoms with Crippen LogP contribution in [0.3, 0.4) is 0 Å². The molecule has 0 aliphatic heterocycles. The van der Waals surface area contributed by atoms with Gasteiger partial charge in [0.05, 0.1) is 4.92 Å². The lowest BCUT2D eigenvalue weighted by molar-refractivity contribution is -0.384. The first-order valence-corrected chi connectivity index (χ1v) is 5.35. The van der Waals surface area contributed by atoms with Gasteiger partial charge in [0.1, 0.15) is 11.5 Å². The van der Waals surface area contributed by atoms with Crippen LogP contribution in [0, 0.1) is 17.0 Å². The normalized spacial score (nSPS) is 10.2. The first-order valence-electron chi connectivity index (χ1n) is 5.35. The third-order valence-electron chi connectivity index (χ3n) is 2.33. The van der Waals surface area contributed by atoms with Gasteiger partial charge in [0, 0.05) is 18.2 Å². The van der Waals surface area contributed by atoms with Crippen LogP contribution in [0.4, 0.5) is 11.5 Å². The molecule has 3 N–H and O–H groups in total. The van der Waals surface area contributed by atoms with Crippen LogP contribution in [0.25, 0.3) is 0 Å². The number of phenols is 1. The lowest BCUT2D eigenvalue weighted by Gasteiger charge is -2.06. The molecule has 0 spiro atoms. The Labute approximate surface area is 108 Å². The van der Waals surface area contributed by atoms with E-state index in [4.69, 9.17) is 10.5 Å². The zero-order chi connectivity index (χ0) is 14.0. The van der Waals surface area contributed by atoms with Crippen molar-refractivity contribution in [1.29, 1.82) is 0 Å². The molecule has 0 aliphatic carbocycles. The van der Waals surface area contributed by atoms with E-state index < -0.39 is 4.92 Å². The Morgan fingerprint density at radius 3 is 2.68 bits per heavy atom. The summed E-state index contributed by atoms with van der Waals surface area (Å²) in [5, 5.41) is 20.0. The van der Waals surface area contributed by atoms with Gasteiger partial charge in [-0.1, -0.05) is 0 Å².